The average Bonchev–Trinajstić information content (AvgIpc) is 2.48. The molecular formula is C13H9NS. The molecular weight excluding hydrogens is 202 g/mol. The fourth-order valence-electron chi connectivity index (χ4n) is 1.63. The van der Waals surface area contributed by atoms with Crippen LogP contribution in [0.25, 0.3) is 11.5 Å². The van der Waals surface area contributed by atoms with Crippen molar-refractivity contribution in [3.05, 3.63) is 58.7 Å². The molecule has 0 atom stereocenters. The molecule has 0 bridgehead atoms. The predicted octanol–water partition coefficient (Wildman–Crippen LogP) is 1.75. The van der Waals surface area contributed by atoms with E-state index >= 15 is 0 Å². The first-order chi connectivity index (χ1) is 7.43. The van der Waals surface area contributed by atoms with E-state index in [0.717, 1.165) is 5.35 Å². The zero-order valence-electron chi connectivity index (χ0n) is 8.05. The highest BCUT2D eigenvalue weighted by Crippen LogP contribution is 2.24. The van der Waals surface area contributed by atoms with E-state index in [1.54, 1.807) is 11.8 Å². The molecule has 0 amide bonds. The van der Waals surface area contributed by atoms with E-state index < -0.39 is 0 Å². The fraction of sp³-hybridized carbons (Fsp3) is 0. The van der Waals surface area contributed by atoms with E-state index in [4.69, 9.17) is 0 Å². The van der Waals surface area contributed by atoms with Gasteiger partial charge in [0.1, 0.15) is 0 Å². The second-order valence-electron chi connectivity index (χ2n) is 3.40. The molecule has 0 fully saturated rings. The van der Waals surface area contributed by atoms with Crippen LogP contribution in [0.4, 0.5) is 0 Å². The maximum absolute atomic E-state index is 4.38. The van der Waals surface area contributed by atoms with Gasteiger partial charge in [-0.2, -0.15) is 0 Å². The van der Waals surface area contributed by atoms with Gasteiger partial charge in [-0.3, -0.25) is 4.98 Å². The Morgan fingerprint density at radius 1 is 1.00 bits per heavy atom. The first-order valence-electron chi connectivity index (χ1n) is 4.82. The van der Waals surface area contributed by atoms with Gasteiger partial charge in [-0.25, -0.2) is 0 Å². The number of hydrogen-bond donors (Lipinski definition) is 0. The van der Waals surface area contributed by atoms with Crippen molar-refractivity contribution in [3.63, 3.8) is 0 Å². The molecule has 0 N–H and O–H groups in total. The van der Waals surface area contributed by atoms with Crippen LogP contribution in [0.3, 0.4) is 0 Å². The summed E-state index contributed by atoms with van der Waals surface area (Å²) in [5.41, 5.74) is 1.25. The molecule has 0 aliphatic carbocycles. The Balaban J connectivity index is 2.36. The lowest BCUT2D eigenvalue weighted by molar-refractivity contribution is 1.22. The molecule has 1 aliphatic rings. The second kappa shape index (κ2) is 3.55. The standard InChI is InChI=1S/C13H9NS/c1-2-6-13-10(4-1)8-12-11(9-15-13)5-3-7-14-12/h1-9H. The van der Waals surface area contributed by atoms with Crippen molar-refractivity contribution in [2.45, 2.75) is 4.90 Å². The van der Waals surface area contributed by atoms with E-state index in [9.17, 15) is 0 Å². The highest BCUT2D eigenvalue weighted by Gasteiger charge is 2.01. The minimum absolute atomic E-state index is 1.05. The maximum atomic E-state index is 4.38. The minimum Gasteiger partial charge on any atom is -0.256 e. The molecule has 1 aromatic heterocycles. The second-order valence-corrected chi connectivity index (χ2v) is 4.31. The van der Waals surface area contributed by atoms with E-state index in [1.165, 1.54) is 15.7 Å². The van der Waals surface area contributed by atoms with Crippen molar-refractivity contribution in [3.8, 4) is 0 Å². The summed E-state index contributed by atoms with van der Waals surface area (Å²) in [6, 6.07) is 12.5. The Kier molecular flexibility index (Phi) is 2.07. The summed E-state index contributed by atoms with van der Waals surface area (Å²) in [4.78, 5) is 5.67. The highest BCUT2D eigenvalue weighted by molar-refractivity contribution is 8.06. The third-order valence-corrected chi connectivity index (χ3v) is 3.39. The SMILES string of the molecule is C1=c2cccnc2=Cc2ccccc2S1. The molecule has 0 saturated heterocycles. The largest absolute Gasteiger partial charge is 0.256 e. The molecule has 2 heterocycles. The third-order valence-electron chi connectivity index (χ3n) is 2.40. The summed E-state index contributed by atoms with van der Waals surface area (Å²) >= 11 is 1.76. The normalized spacial score (nSPS) is 12.8. The number of nitrogens with zero attached hydrogens (tertiary/aromatic N) is 1. The van der Waals surface area contributed by atoms with Crippen molar-refractivity contribution < 1.29 is 0 Å². The van der Waals surface area contributed by atoms with E-state index in [-0.39, 0.29) is 0 Å². The molecule has 0 saturated carbocycles. The topological polar surface area (TPSA) is 12.9 Å². The van der Waals surface area contributed by atoms with Gasteiger partial charge in [-0.05, 0) is 29.2 Å². The molecule has 3 rings (SSSR count). The minimum atomic E-state index is 1.05. The van der Waals surface area contributed by atoms with E-state index in [0.29, 0.717) is 0 Å². The third kappa shape index (κ3) is 1.57. The molecule has 2 heteroatoms. The first kappa shape index (κ1) is 8.74. The summed E-state index contributed by atoms with van der Waals surface area (Å²) in [6.07, 6.45) is 3.98. The Morgan fingerprint density at radius 2 is 1.93 bits per heavy atom. The summed E-state index contributed by atoms with van der Waals surface area (Å²) in [5, 5.41) is 4.40. The molecule has 0 spiro atoms. The predicted molar refractivity (Wildman–Crippen MR) is 63.8 cm³/mol. The molecule has 0 unspecified atom stereocenters. The molecule has 1 aromatic carbocycles. The van der Waals surface area contributed by atoms with Crippen LogP contribution in [0.2, 0.25) is 0 Å². The molecule has 15 heavy (non-hydrogen) atoms. The van der Waals surface area contributed by atoms with Crippen molar-refractivity contribution >= 4 is 23.2 Å². The fourth-order valence-corrected chi connectivity index (χ4v) is 2.51. The molecule has 72 valence electrons. The zero-order valence-corrected chi connectivity index (χ0v) is 8.87. The summed E-state index contributed by atoms with van der Waals surface area (Å²) < 4.78 is 0. The van der Waals surface area contributed by atoms with Crippen molar-refractivity contribution in [2.75, 3.05) is 0 Å². The quantitative estimate of drug-likeness (QED) is 0.658. The van der Waals surface area contributed by atoms with Gasteiger partial charge in [0, 0.05) is 16.3 Å². The summed E-state index contributed by atoms with van der Waals surface area (Å²) in [6.45, 7) is 0. The number of rotatable bonds is 0. The lowest BCUT2D eigenvalue weighted by Gasteiger charge is -1.98. The maximum Gasteiger partial charge on any atom is 0.0713 e. The van der Waals surface area contributed by atoms with Gasteiger partial charge < -0.3 is 0 Å². The lowest BCUT2D eigenvalue weighted by Crippen LogP contribution is -2.26. The van der Waals surface area contributed by atoms with Gasteiger partial charge in [0.2, 0.25) is 0 Å². The van der Waals surface area contributed by atoms with Crippen molar-refractivity contribution in [2.24, 2.45) is 0 Å². The van der Waals surface area contributed by atoms with Crippen LogP contribution in [0, 0.1) is 0 Å². The van der Waals surface area contributed by atoms with E-state index in [2.05, 4.69) is 46.8 Å². The molecule has 1 aliphatic heterocycles. The number of thioether (sulfide) groups is 1. The summed E-state index contributed by atoms with van der Waals surface area (Å²) in [5.74, 6) is 0. The first-order valence-corrected chi connectivity index (χ1v) is 5.70. The Labute approximate surface area is 92.2 Å². The van der Waals surface area contributed by atoms with Gasteiger partial charge in [0.15, 0.2) is 0 Å². The lowest BCUT2D eigenvalue weighted by atomic mass is 10.2. The van der Waals surface area contributed by atoms with Crippen LogP contribution < -0.4 is 10.6 Å². The van der Waals surface area contributed by atoms with Gasteiger partial charge in [-0.15, -0.1) is 0 Å². The molecule has 1 nitrogen and oxygen atoms in total. The highest BCUT2D eigenvalue weighted by atomic mass is 32.2. The Bertz CT molecular complexity index is 616. The Hall–Kier alpha value is -1.54. The smallest absolute Gasteiger partial charge is 0.0713 e. The number of hydrogen-bond acceptors (Lipinski definition) is 2. The van der Waals surface area contributed by atoms with Gasteiger partial charge in [-0.1, -0.05) is 36.0 Å². The van der Waals surface area contributed by atoms with Gasteiger partial charge in [0.25, 0.3) is 0 Å². The van der Waals surface area contributed by atoms with Crippen LogP contribution in [0.1, 0.15) is 5.56 Å². The average molecular weight is 211 g/mol. The molecule has 2 aromatic rings. The van der Waals surface area contributed by atoms with Crippen LogP contribution in [-0.4, -0.2) is 4.98 Å². The van der Waals surface area contributed by atoms with Gasteiger partial charge in [0.05, 0.1) is 5.35 Å². The van der Waals surface area contributed by atoms with Crippen molar-refractivity contribution in [1.29, 1.82) is 0 Å². The number of benzene rings is 1. The number of pyridine rings is 1. The van der Waals surface area contributed by atoms with Crippen LogP contribution >= 0.6 is 11.8 Å². The van der Waals surface area contributed by atoms with Crippen molar-refractivity contribution in [1.82, 2.24) is 4.98 Å². The number of fused-ring (bicyclic) bond motifs is 2. The van der Waals surface area contributed by atoms with E-state index in [1.807, 2.05) is 12.3 Å². The molecule has 0 radical (unpaired) electrons. The van der Waals surface area contributed by atoms with Crippen LogP contribution in [-0.2, 0) is 0 Å². The number of aromatic nitrogens is 1. The van der Waals surface area contributed by atoms with Crippen LogP contribution in [0.5, 0.6) is 0 Å². The zero-order chi connectivity index (χ0) is 10.1. The Morgan fingerprint density at radius 3 is 2.93 bits per heavy atom. The summed E-state index contributed by atoms with van der Waals surface area (Å²) in [7, 11) is 0. The van der Waals surface area contributed by atoms with Gasteiger partial charge >= 0.3 is 0 Å². The monoisotopic (exact) mass is 211 g/mol. The van der Waals surface area contributed by atoms with Crippen LogP contribution in [0.15, 0.2) is 47.5 Å².